The third-order valence-electron chi connectivity index (χ3n) is 5.05. The highest BCUT2D eigenvalue weighted by atomic mass is 16.6. The summed E-state index contributed by atoms with van der Waals surface area (Å²) in [6, 6.07) is 13.1. The van der Waals surface area contributed by atoms with E-state index in [2.05, 4.69) is 5.32 Å². The predicted molar refractivity (Wildman–Crippen MR) is 122 cm³/mol. The third-order valence-corrected chi connectivity index (χ3v) is 5.05. The van der Waals surface area contributed by atoms with Gasteiger partial charge in [0, 0.05) is 0 Å². The standard InChI is InChI=1S/C24H19N3O7/c1-3-33-16-8-10-18(20(13-16)27(31)32)21-11-9-17(34-21)12-19-22(28)25-24(30)26(23(19)29)15-6-4-14(2)5-7-15/h4-13H,3H2,1-2H3,(H,25,28,30)/b19-12+. The molecule has 0 bridgehead atoms. The molecule has 0 spiro atoms. The lowest BCUT2D eigenvalue weighted by atomic mass is 10.1. The van der Waals surface area contributed by atoms with Crippen LogP contribution in [0.2, 0.25) is 0 Å². The van der Waals surface area contributed by atoms with E-state index in [0.717, 1.165) is 10.5 Å². The quantitative estimate of drug-likeness (QED) is 0.251. The molecule has 1 aromatic heterocycles. The van der Waals surface area contributed by atoms with Gasteiger partial charge in [-0.1, -0.05) is 17.7 Å². The van der Waals surface area contributed by atoms with E-state index < -0.39 is 22.8 Å². The van der Waals surface area contributed by atoms with Crippen molar-refractivity contribution in [2.24, 2.45) is 0 Å². The van der Waals surface area contributed by atoms with Crippen LogP contribution in [0, 0.1) is 17.0 Å². The third kappa shape index (κ3) is 4.29. The molecule has 4 amide bonds. The summed E-state index contributed by atoms with van der Waals surface area (Å²) in [5.74, 6) is -1.07. The summed E-state index contributed by atoms with van der Waals surface area (Å²) >= 11 is 0. The smallest absolute Gasteiger partial charge is 0.335 e. The minimum Gasteiger partial charge on any atom is -0.494 e. The van der Waals surface area contributed by atoms with Crippen LogP contribution in [0.15, 0.2) is 64.6 Å². The van der Waals surface area contributed by atoms with Crippen molar-refractivity contribution in [3.05, 3.63) is 81.6 Å². The van der Waals surface area contributed by atoms with Crippen molar-refractivity contribution in [1.29, 1.82) is 0 Å². The molecule has 0 saturated carbocycles. The highest BCUT2D eigenvalue weighted by molar-refractivity contribution is 6.39. The van der Waals surface area contributed by atoms with Gasteiger partial charge < -0.3 is 9.15 Å². The molecular formula is C24H19N3O7. The molecule has 1 saturated heterocycles. The number of rotatable bonds is 6. The number of barbiturate groups is 1. The number of furan rings is 1. The molecule has 1 N–H and O–H groups in total. The molecule has 3 aromatic rings. The maximum atomic E-state index is 13.0. The van der Waals surface area contributed by atoms with Crippen LogP contribution in [0.5, 0.6) is 5.75 Å². The molecule has 1 fully saturated rings. The monoisotopic (exact) mass is 461 g/mol. The van der Waals surface area contributed by atoms with Crippen LogP contribution in [0.4, 0.5) is 16.2 Å². The SMILES string of the molecule is CCOc1ccc(-c2ccc(/C=C3\C(=O)NC(=O)N(c4ccc(C)cc4)C3=O)o2)c([N+](=O)[O-])c1. The fraction of sp³-hybridized carbons (Fsp3) is 0.125. The largest absolute Gasteiger partial charge is 0.494 e. The highest BCUT2D eigenvalue weighted by Gasteiger charge is 2.37. The Morgan fingerprint density at radius 1 is 1.09 bits per heavy atom. The van der Waals surface area contributed by atoms with Gasteiger partial charge in [0.25, 0.3) is 17.5 Å². The van der Waals surface area contributed by atoms with Crippen molar-refractivity contribution in [2.45, 2.75) is 13.8 Å². The number of nitro benzene ring substituents is 1. The Hall–Kier alpha value is -4.73. The molecule has 0 unspecified atom stereocenters. The molecule has 2 aromatic carbocycles. The van der Waals surface area contributed by atoms with Gasteiger partial charge in [-0.3, -0.25) is 25.0 Å². The van der Waals surface area contributed by atoms with Gasteiger partial charge in [0.15, 0.2) is 0 Å². The number of aryl methyl sites for hydroxylation is 1. The average Bonchev–Trinajstić information content (AvgIpc) is 3.26. The Morgan fingerprint density at radius 3 is 2.50 bits per heavy atom. The molecule has 1 aliphatic rings. The van der Waals surface area contributed by atoms with E-state index >= 15 is 0 Å². The number of carbonyl (C=O) groups excluding carboxylic acids is 3. The maximum absolute atomic E-state index is 13.0. The Bertz CT molecular complexity index is 1340. The molecule has 34 heavy (non-hydrogen) atoms. The average molecular weight is 461 g/mol. The number of carbonyl (C=O) groups is 3. The van der Waals surface area contributed by atoms with Crippen molar-refractivity contribution in [2.75, 3.05) is 11.5 Å². The van der Waals surface area contributed by atoms with Crippen molar-refractivity contribution >= 4 is 35.3 Å². The van der Waals surface area contributed by atoms with E-state index in [0.29, 0.717) is 18.0 Å². The van der Waals surface area contributed by atoms with Gasteiger partial charge in [0.1, 0.15) is 22.8 Å². The molecule has 10 nitrogen and oxygen atoms in total. The predicted octanol–water partition coefficient (Wildman–Crippen LogP) is 4.23. The fourth-order valence-electron chi connectivity index (χ4n) is 3.43. The van der Waals surface area contributed by atoms with Crippen LogP contribution in [0.3, 0.4) is 0 Å². The van der Waals surface area contributed by atoms with Crippen molar-refractivity contribution in [1.82, 2.24) is 5.32 Å². The van der Waals surface area contributed by atoms with Gasteiger partial charge in [-0.25, -0.2) is 9.69 Å². The van der Waals surface area contributed by atoms with Gasteiger partial charge >= 0.3 is 6.03 Å². The summed E-state index contributed by atoms with van der Waals surface area (Å²) in [6.45, 7) is 3.98. The summed E-state index contributed by atoms with van der Waals surface area (Å²) in [6.07, 6.45) is 1.19. The first-order valence-electron chi connectivity index (χ1n) is 10.3. The minimum absolute atomic E-state index is 0.106. The summed E-state index contributed by atoms with van der Waals surface area (Å²) in [4.78, 5) is 49.5. The molecule has 0 aliphatic carbocycles. The normalized spacial score (nSPS) is 14.9. The zero-order valence-corrected chi connectivity index (χ0v) is 18.2. The summed E-state index contributed by atoms with van der Waals surface area (Å²) in [5, 5.41) is 13.7. The lowest BCUT2D eigenvalue weighted by Crippen LogP contribution is -2.54. The Kier molecular flexibility index (Phi) is 5.96. The lowest BCUT2D eigenvalue weighted by molar-refractivity contribution is -0.384. The number of nitro groups is 1. The van der Waals surface area contributed by atoms with Crippen LogP contribution in [-0.4, -0.2) is 29.4 Å². The van der Waals surface area contributed by atoms with Gasteiger partial charge in [-0.05, 0) is 56.3 Å². The maximum Gasteiger partial charge on any atom is 0.335 e. The Labute approximate surface area is 193 Å². The van der Waals surface area contributed by atoms with E-state index in [4.69, 9.17) is 9.15 Å². The van der Waals surface area contributed by atoms with E-state index in [1.807, 2.05) is 6.92 Å². The van der Waals surface area contributed by atoms with Crippen LogP contribution in [0.25, 0.3) is 17.4 Å². The molecule has 172 valence electrons. The number of anilines is 1. The second-order valence-corrected chi connectivity index (χ2v) is 7.36. The first-order valence-corrected chi connectivity index (χ1v) is 10.3. The van der Waals surface area contributed by atoms with Gasteiger partial charge in [-0.15, -0.1) is 0 Å². The van der Waals surface area contributed by atoms with Gasteiger partial charge in [0.05, 0.1) is 28.8 Å². The molecule has 0 atom stereocenters. The van der Waals surface area contributed by atoms with Crippen LogP contribution >= 0.6 is 0 Å². The topological polar surface area (TPSA) is 132 Å². The molecule has 4 rings (SSSR count). The van der Waals surface area contributed by atoms with Crippen LogP contribution in [0.1, 0.15) is 18.2 Å². The summed E-state index contributed by atoms with van der Waals surface area (Å²) in [5.41, 5.74) is 0.905. The number of amides is 4. The zero-order chi connectivity index (χ0) is 24.4. The van der Waals surface area contributed by atoms with Crippen molar-refractivity contribution in [3.63, 3.8) is 0 Å². The van der Waals surface area contributed by atoms with E-state index in [1.165, 1.54) is 30.3 Å². The summed E-state index contributed by atoms with van der Waals surface area (Å²) in [7, 11) is 0. The number of benzene rings is 2. The highest BCUT2D eigenvalue weighted by Crippen LogP contribution is 2.35. The van der Waals surface area contributed by atoms with E-state index in [9.17, 15) is 24.5 Å². The molecule has 1 aliphatic heterocycles. The molecule has 0 radical (unpaired) electrons. The first-order chi connectivity index (χ1) is 16.3. The molecular weight excluding hydrogens is 442 g/mol. The first kappa shape index (κ1) is 22.5. The minimum atomic E-state index is -0.872. The second-order valence-electron chi connectivity index (χ2n) is 7.36. The van der Waals surface area contributed by atoms with Gasteiger partial charge in [0.2, 0.25) is 0 Å². The number of nitrogens with one attached hydrogen (secondary N) is 1. The lowest BCUT2D eigenvalue weighted by Gasteiger charge is -2.26. The zero-order valence-electron chi connectivity index (χ0n) is 18.2. The number of urea groups is 1. The fourth-order valence-corrected chi connectivity index (χ4v) is 3.43. The number of imide groups is 2. The number of hydrogen-bond acceptors (Lipinski definition) is 7. The summed E-state index contributed by atoms with van der Waals surface area (Å²) < 4.78 is 11.0. The molecule has 10 heteroatoms. The van der Waals surface area contributed by atoms with E-state index in [1.54, 1.807) is 37.3 Å². The number of ether oxygens (including phenoxy) is 1. The van der Waals surface area contributed by atoms with Crippen molar-refractivity contribution < 1.29 is 28.5 Å². The Morgan fingerprint density at radius 2 is 1.82 bits per heavy atom. The molecule has 2 heterocycles. The van der Waals surface area contributed by atoms with E-state index in [-0.39, 0.29) is 28.3 Å². The van der Waals surface area contributed by atoms with Crippen LogP contribution < -0.4 is 15.0 Å². The van der Waals surface area contributed by atoms with Gasteiger partial charge in [-0.2, -0.15) is 0 Å². The van der Waals surface area contributed by atoms with Crippen LogP contribution in [-0.2, 0) is 9.59 Å². The number of nitrogens with zero attached hydrogens (tertiary/aromatic N) is 2. The number of hydrogen-bond donors (Lipinski definition) is 1. The van der Waals surface area contributed by atoms with Crippen molar-refractivity contribution in [3.8, 4) is 17.1 Å². The Balaban J connectivity index is 1.68. The second kappa shape index (κ2) is 9.02.